The maximum absolute atomic E-state index is 13.7. The fraction of sp³-hybridized carbons (Fsp3) is 0.538. The summed E-state index contributed by atoms with van der Waals surface area (Å²) in [4.78, 5) is 1.04. The molecular weight excluding hydrogens is 237 g/mol. The third kappa shape index (κ3) is 5.06. The van der Waals surface area contributed by atoms with E-state index in [1.54, 1.807) is 24.9 Å². The zero-order valence-electron chi connectivity index (χ0n) is 10.5. The van der Waals surface area contributed by atoms with Crippen molar-refractivity contribution in [3.63, 3.8) is 0 Å². The monoisotopic (exact) mass is 257 g/mol. The predicted molar refractivity (Wildman–Crippen MR) is 71.0 cm³/mol. The van der Waals surface area contributed by atoms with E-state index in [0.29, 0.717) is 13.2 Å². The first kappa shape index (κ1) is 14.5. The van der Waals surface area contributed by atoms with Gasteiger partial charge in [-0.25, -0.2) is 4.39 Å². The van der Waals surface area contributed by atoms with Gasteiger partial charge in [0.25, 0.3) is 0 Å². The normalized spacial score (nSPS) is 10.8. The first-order valence-corrected chi connectivity index (χ1v) is 6.88. The zero-order chi connectivity index (χ0) is 12.5. The highest BCUT2D eigenvalue weighted by Crippen LogP contribution is 2.25. The van der Waals surface area contributed by atoms with Gasteiger partial charge >= 0.3 is 0 Å². The molecule has 0 bridgehead atoms. The molecule has 0 saturated carbocycles. The quantitative estimate of drug-likeness (QED) is 0.571. The second kappa shape index (κ2) is 8.50. The molecule has 0 amide bonds. The Morgan fingerprint density at radius 2 is 2.24 bits per heavy atom. The number of ether oxygens (including phenoxy) is 1. The molecule has 0 fully saturated rings. The Kier molecular flexibility index (Phi) is 7.24. The average Bonchev–Trinajstić information content (AvgIpc) is 2.34. The molecule has 0 saturated heterocycles. The van der Waals surface area contributed by atoms with E-state index < -0.39 is 0 Å². The maximum atomic E-state index is 13.7. The van der Waals surface area contributed by atoms with Crippen LogP contribution in [0.5, 0.6) is 0 Å². The lowest BCUT2D eigenvalue weighted by atomic mass is 10.2. The molecule has 0 aliphatic carbocycles. The average molecular weight is 257 g/mol. The summed E-state index contributed by atoms with van der Waals surface area (Å²) in [5.74, 6) is 0.894. The van der Waals surface area contributed by atoms with Crippen molar-refractivity contribution in [1.82, 2.24) is 5.32 Å². The van der Waals surface area contributed by atoms with E-state index in [4.69, 9.17) is 4.74 Å². The number of hydrogen-bond donors (Lipinski definition) is 1. The molecule has 0 spiro atoms. The van der Waals surface area contributed by atoms with Crippen LogP contribution in [0.25, 0.3) is 0 Å². The number of rotatable bonds is 8. The number of benzene rings is 1. The van der Waals surface area contributed by atoms with Gasteiger partial charge in [0.05, 0.1) is 6.61 Å². The van der Waals surface area contributed by atoms with Crippen LogP contribution in [0.4, 0.5) is 4.39 Å². The van der Waals surface area contributed by atoms with Crippen LogP contribution >= 0.6 is 11.8 Å². The summed E-state index contributed by atoms with van der Waals surface area (Å²) >= 11 is 1.71. The van der Waals surface area contributed by atoms with Gasteiger partial charge in [0.15, 0.2) is 0 Å². The Morgan fingerprint density at radius 1 is 1.41 bits per heavy atom. The number of hydrogen-bond acceptors (Lipinski definition) is 3. The predicted octanol–water partition coefficient (Wildman–Crippen LogP) is 3.06. The van der Waals surface area contributed by atoms with Crippen molar-refractivity contribution in [2.24, 2.45) is 0 Å². The Hall–Kier alpha value is -0.580. The van der Waals surface area contributed by atoms with Gasteiger partial charge in [-0.3, -0.25) is 0 Å². The molecule has 0 aliphatic rings. The van der Waals surface area contributed by atoms with Gasteiger partial charge in [-0.2, -0.15) is 0 Å². The minimum Gasteiger partial charge on any atom is -0.383 e. The summed E-state index contributed by atoms with van der Waals surface area (Å²) in [6, 6.07) is 5.27. The van der Waals surface area contributed by atoms with Gasteiger partial charge < -0.3 is 10.1 Å². The van der Waals surface area contributed by atoms with Crippen molar-refractivity contribution in [1.29, 1.82) is 0 Å². The highest BCUT2D eigenvalue weighted by atomic mass is 32.2. The molecule has 2 nitrogen and oxygen atoms in total. The van der Waals surface area contributed by atoms with Crippen LogP contribution in [0.2, 0.25) is 0 Å². The van der Waals surface area contributed by atoms with Crippen LogP contribution in [0, 0.1) is 5.82 Å². The Balaban J connectivity index is 2.60. The molecule has 1 rings (SSSR count). The van der Waals surface area contributed by atoms with Gasteiger partial charge in [-0.1, -0.05) is 13.0 Å². The molecule has 17 heavy (non-hydrogen) atoms. The van der Waals surface area contributed by atoms with Gasteiger partial charge in [0, 0.05) is 30.7 Å². The fourth-order valence-corrected chi connectivity index (χ4v) is 2.39. The summed E-state index contributed by atoms with van der Waals surface area (Å²) in [6.45, 7) is 4.07. The molecule has 96 valence electrons. The van der Waals surface area contributed by atoms with Crippen molar-refractivity contribution < 1.29 is 9.13 Å². The molecule has 0 atom stereocenters. The minimum absolute atomic E-state index is 0.129. The van der Waals surface area contributed by atoms with Gasteiger partial charge in [-0.15, -0.1) is 11.8 Å². The maximum Gasteiger partial charge on any atom is 0.128 e. The van der Waals surface area contributed by atoms with Crippen LogP contribution in [0.1, 0.15) is 18.9 Å². The van der Waals surface area contributed by atoms with Crippen LogP contribution in [-0.2, 0) is 11.3 Å². The Bertz CT molecular complexity index is 333. The van der Waals surface area contributed by atoms with Crippen molar-refractivity contribution >= 4 is 11.8 Å². The van der Waals surface area contributed by atoms with E-state index in [0.717, 1.165) is 29.2 Å². The number of nitrogens with one attached hydrogen (secondary N) is 1. The molecule has 0 aliphatic heterocycles. The lowest BCUT2D eigenvalue weighted by Crippen LogP contribution is -2.19. The molecule has 1 N–H and O–H groups in total. The van der Waals surface area contributed by atoms with Crippen LogP contribution in [0.15, 0.2) is 23.1 Å². The lowest BCUT2D eigenvalue weighted by molar-refractivity contribution is 0.199. The summed E-state index contributed by atoms with van der Waals surface area (Å²) in [6.07, 6.45) is 1.09. The summed E-state index contributed by atoms with van der Waals surface area (Å²) < 4.78 is 18.6. The fourth-order valence-electron chi connectivity index (χ4n) is 1.45. The van der Waals surface area contributed by atoms with Crippen LogP contribution in [-0.4, -0.2) is 26.0 Å². The van der Waals surface area contributed by atoms with E-state index >= 15 is 0 Å². The van der Waals surface area contributed by atoms with E-state index in [-0.39, 0.29) is 5.82 Å². The molecule has 0 heterocycles. The first-order valence-electron chi connectivity index (χ1n) is 5.89. The highest BCUT2D eigenvalue weighted by molar-refractivity contribution is 7.99. The van der Waals surface area contributed by atoms with Crippen LogP contribution < -0.4 is 5.32 Å². The Labute approximate surface area is 107 Å². The molecule has 4 heteroatoms. The van der Waals surface area contributed by atoms with E-state index in [2.05, 4.69) is 12.2 Å². The minimum atomic E-state index is -0.129. The second-order valence-electron chi connectivity index (χ2n) is 3.73. The third-order valence-corrected chi connectivity index (χ3v) is 3.63. The lowest BCUT2D eigenvalue weighted by Gasteiger charge is -2.11. The molecule has 0 radical (unpaired) electrons. The standard InChI is InChI=1S/C13H20FNOS/c1-3-9-17-13-6-4-5-12(14)11(13)10-15-7-8-16-2/h4-6,15H,3,7-10H2,1-2H3. The smallest absolute Gasteiger partial charge is 0.128 e. The number of thioether (sulfide) groups is 1. The molecule has 1 aromatic rings. The summed E-state index contributed by atoms with van der Waals surface area (Å²) in [7, 11) is 1.66. The van der Waals surface area contributed by atoms with E-state index in [1.165, 1.54) is 6.07 Å². The van der Waals surface area contributed by atoms with Crippen LogP contribution in [0.3, 0.4) is 0 Å². The van der Waals surface area contributed by atoms with Crippen molar-refractivity contribution in [2.75, 3.05) is 26.0 Å². The SMILES string of the molecule is CCCSc1cccc(F)c1CNCCOC. The van der Waals surface area contributed by atoms with Crippen molar-refractivity contribution in [2.45, 2.75) is 24.8 Å². The summed E-state index contributed by atoms with van der Waals surface area (Å²) in [5.41, 5.74) is 0.766. The molecular formula is C13H20FNOS. The largest absolute Gasteiger partial charge is 0.383 e. The van der Waals surface area contributed by atoms with Crippen molar-refractivity contribution in [3.05, 3.63) is 29.6 Å². The number of methoxy groups -OCH3 is 1. The Morgan fingerprint density at radius 3 is 2.94 bits per heavy atom. The second-order valence-corrected chi connectivity index (χ2v) is 4.87. The highest BCUT2D eigenvalue weighted by Gasteiger charge is 2.07. The van der Waals surface area contributed by atoms with Crippen molar-refractivity contribution in [3.8, 4) is 0 Å². The molecule has 1 aromatic carbocycles. The van der Waals surface area contributed by atoms with Gasteiger partial charge in [-0.05, 0) is 24.3 Å². The topological polar surface area (TPSA) is 21.3 Å². The third-order valence-electron chi connectivity index (χ3n) is 2.32. The summed E-state index contributed by atoms with van der Waals surface area (Å²) in [5, 5.41) is 3.18. The van der Waals surface area contributed by atoms with Gasteiger partial charge in [0.1, 0.15) is 5.82 Å². The zero-order valence-corrected chi connectivity index (χ0v) is 11.3. The molecule has 0 aromatic heterocycles. The van der Waals surface area contributed by atoms with E-state index in [9.17, 15) is 4.39 Å². The number of halogens is 1. The van der Waals surface area contributed by atoms with Gasteiger partial charge in [0.2, 0.25) is 0 Å². The molecule has 0 unspecified atom stereocenters. The first-order chi connectivity index (χ1) is 8.29. The van der Waals surface area contributed by atoms with E-state index in [1.807, 2.05) is 6.07 Å².